The van der Waals surface area contributed by atoms with Gasteiger partial charge in [-0.05, 0) is 63.2 Å². The van der Waals surface area contributed by atoms with E-state index in [-0.39, 0.29) is 0 Å². The molecule has 1 N–H and O–H groups in total. The maximum Gasteiger partial charge on any atom is 0.420 e. The van der Waals surface area contributed by atoms with E-state index in [0.29, 0.717) is 29.7 Å². The Morgan fingerprint density at radius 3 is 2.70 bits per heavy atom. The standard InChI is InChI=1S/C28H26N6O3/c1-28(2,3)37-27(35)34(22-9-10-24-21(14-22)17-31-33-24)25-11-13-30-26(32-25)20-7-4-8-23(15-20)36-18-19-6-5-12-29-16-19/h4-17H,18H2,1-3H3,(H,31,33). The van der Waals surface area contributed by atoms with E-state index in [1.165, 1.54) is 4.90 Å². The molecule has 0 fully saturated rings. The highest BCUT2D eigenvalue weighted by Gasteiger charge is 2.26. The first-order valence-electron chi connectivity index (χ1n) is 11.8. The molecule has 0 aliphatic rings. The number of carbonyl (C=O) groups is 1. The zero-order valence-electron chi connectivity index (χ0n) is 20.8. The van der Waals surface area contributed by atoms with Crippen molar-refractivity contribution in [2.45, 2.75) is 33.0 Å². The number of aromatic amines is 1. The minimum atomic E-state index is -0.690. The molecule has 0 saturated carbocycles. The van der Waals surface area contributed by atoms with Crippen LogP contribution in [0.2, 0.25) is 0 Å². The van der Waals surface area contributed by atoms with Crippen LogP contribution < -0.4 is 9.64 Å². The molecule has 3 aromatic heterocycles. The molecule has 0 saturated heterocycles. The fourth-order valence-corrected chi connectivity index (χ4v) is 3.70. The number of carbonyl (C=O) groups excluding carboxylic acids is 1. The number of aromatic nitrogens is 5. The number of fused-ring (bicyclic) bond motifs is 1. The van der Waals surface area contributed by atoms with Gasteiger partial charge in [0, 0.05) is 35.1 Å². The molecule has 5 rings (SSSR count). The van der Waals surface area contributed by atoms with Crippen molar-refractivity contribution >= 4 is 28.5 Å². The fraction of sp³-hybridized carbons (Fsp3) is 0.179. The minimum absolute atomic E-state index is 0.378. The van der Waals surface area contributed by atoms with Crippen LogP contribution in [0.4, 0.5) is 16.3 Å². The Balaban J connectivity index is 1.47. The van der Waals surface area contributed by atoms with E-state index < -0.39 is 11.7 Å². The molecule has 0 bridgehead atoms. The summed E-state index contributed by atoms with van der Waals surface area (Å²) < 4.78 is 11.7. The van der Waals surface area contributed by atoms with Gasteiger partial charge < -0.3 is 9.47 Å². The average molecular weight is 495 g/mol. The topological polar surface area (TPSA) is 106 Å². The van der Waals surface area contributed by atoms with E-state index in [1.54, 1.807) is 30.9 Å². The van der Waals surface area contributed by atoms with Gasteiger partial charge in [0.05, 0.1) is 17.4 Å². The molecule has 2 aromatic carbocycles. The Morgan fingerprint density at radius 2 is 1.89 bits per heavy atom. The molecule has 0 radical (unpaired) electrons. The summed E-state index contributed by atoms with van der Waals surface area (Å²) in [6.07, 6.45) is 6.27. The van der Waals surface area contributed by atoms with E-state index in [4.69, 9.17) is 14.5 Å². The Labute approximate surface area is 214 Å². The summed E-state index contributed by atoms with van der Waals surface area (Å²) in [7, 11) is 0. The van der Waals surface area contributed by atoms with Crippen LogP contribution in [0.5, 0.6) is 5.75 Å². The summed E-state index contributed by atoms with van der Waals surface area (Å²) in [5.41, 5.74) is 2.49. The number of H-pyrrole nitrogens is 1. The lowest BCUT2D eigenvalue weighted by molar-refractivity contribution is 0.0598. The third-order valence-corrected chi connectivity index (χ3v) is 5.35. The summed E-state index contributed by atoms with van der Waals surface area (Å²) in [5, 5.41) is 7.86. The van der Waals surface area contributed by atoms with E-state index >= 15 is 0 Å². The van der Waals surface area contributed by atoms with Gasteiger partial charge in [-0.25, -0.2) is 19.7 Å². The second kappa shape index (κ2) is 10.1. The number of rotatable bonds is 6. The maximum atomic E-state index is 13.4. The third kappa shape index (κ3) is 5.72. The molecule has 1 amide bonds. The van der Waals surface area contributed by atoms with Gasteiger partial charge in [0.1, 0.15) is 23.8 Å². The van der Waals surface area contributed by atoms with Crippen LogP contribution >= 0.6 is 0 Å². The highest BCUT2D eigenvalue weighted by atomic mass is 16.6. The first kappa shape index (κ1) is 23.9. The molecule has 3 heterocycles. The number of anilines is 2. The number of benzene rings is 2. The Morgan fingerprint density at radius 1 is 1.00 bits per heavy atom. The van der Waals surface area contributed by atoms with Crippen LogP contribution in [0.15, 0.2) is 85.5 Å². The lowest BCUT2D eigenvalue weighted by Gasteiger charge is -2.27. The number of amides is 1. The number of pyridine rings is 1. The first-order valence-corrected chi connectivity index (χ1v) is 11.8. The van der Waals surface area contributed by atoms with Gasteiger partial charge in [-0.2, -0.15) is 5.10 Å². The van der Waals surface area contributed by atoms with Gasteiger partial charge in [0.15, 0.2) is 5.82 Å². The van der Waals surface area contributed by atoms with Gasteiger partial charge in [-0.3, -0.25) is 10.1 Å². The van der Waals surface area contributed by atoms with Crippen molar-refractivity contribution in [2.24, 2.45) is 0 Å². The predicted molar refractivity (Wildman–Crippen MR) is 141 cm³/mol. The van der Waals surface area contributed by atoms with Crippen LogP contribution in [-0.2, 0) is 11.3 Å². The molecule has 5 aromatic rings. The molecule has 186 valence electrons. The monoisotopic (exact) mass is 494 g/mol. The normalized spacial score (nSPS) is 11.3. The Kier molecular flexibility index (Phi) is 6.51. The van der Waals surface area contributed by atoms with Gasteiger partial charge in [-0.15, -0.1) is 0 Å². The molecular formula is C28H26N6O3. The van der Waals surface area contributed by atoms with E-state index in [0.717, 1.165) is 22.0 Å². The summed E-state index contributed by atoms with van der Waals surface area (Å²) in [5.74, 6) is 1.50. The van der Waals surface area contributed by atoms with Gasteiger partial charge in [-0.1, -0.05) is 18.2 Å². The van der Waals surface area contributed by atoms with Crippen molar-refractivity contribution in [1.82, 2.24) is 25.1 Å². The number of nitrogens with zero attached hydrogens (tertiary/aromatic N) is 5. The SMILES string of the molecule is CC(C)(C)OC(=O)N(c1ccc2[nH]ncc2c1)c1ccnc(-c2cccc(OCc3cccnc3)c2)n1. The van der Waals surface area contributed by atoms with Crippen molar-refractivity contribution < 1.29 is 14.3 Å². The van der Waals surface area contributed by atoms with E-state index in [1.807, 2.05) is 75.4 Å². The molecule has 9 heteroatoms. The quantitative estimate of drug-likeness (QED) is 0.305. The van der Waals surface area contributed by atoms with Gasteiger partial charge >= 0.3 is 6.09 Å². The van der Waals surface area contributed by atoms with Crippen molar-refractivity contribution in [2.75, 3.05) is 4.90 Å². The molecule has 9 nitrogen and oxygen atoms in total. The van der Waals surface area contributed by atoms with Crippen LogP contribution in [0.1, 0.15) is 26.3 Å². The predicted octanol–water partition coefficient (Wildman–Crippen LogP) is 6.07. The second-order valence-corrected chi connectivity index (χ2v) is 9.37. The molecule has 0 unspecified atom stereocenters. The first-order chi connectivity index (χ1) is 17.9. The smallest absolute Gasteiger partial charge is 0.420 e. The van der Waals surface area contributed by atoms with E-state index in [9.17, 15) is 4.79 Å². The Hall–Kier alpha value is -4.79. The molecular weight excluding hydrogens is 468 g/mol. The second-order valence-electron chi connectivity index (χ2n) is 9.37. The van der Waals surface area contributed by atoms with Crippen LogP contribution in [0, 0.1) is 0 Å². The number of hydrogen-bond donors (Lipinski definition) is 1. The van der Waals surface area contributed by atoms with Gasteiger partial charge in [0.25, 0.3) is 0 Å². The zero-order valence-corrected chi connectivity index (χ0v) is 20.8. The van der Waals surface area contributed by atoms with Crippen molar-refractivity contribution in [3.8, 4) is 17.1 Å². The largest absolute Gasteiger partial charge is 0.489 e. The Bertz CT molecular complexity index is 1530. The number of nitrogens with one attached hydrogen (secondary N) is 1. The van der Waals surface area contributed by atoms with Crippen molar-refractivity contribution in [3.63, 3.8) is 0 Å². The molecule has 0 aliphatic carbocycles. The number of ether oxygens (including phenoxy) is 2. The molecule has 37 heavy (non-hydrogen) atoms. The highest BCUT2D eigenvalue weighted by Crippen LogP contribution is 2.30. The molecule has 0 atom stereocenters. The maximum absolute atomic E-state index is 13.4. The minimum Gasteiger partial charge on any atom is -0.489 e. The average Bonchev–Trinajstić information content (AvgIpc) is 3.36. The molecule has 0 aliphatic heterocycles. The highest BCUT2D eigenvalue weighted by molar-refractivity contribution is 5.97. The van der Waals surface area contributed by atoms with Gasteiger partial charge in [0.2, 0.25) is 0 Å². The van der Waals surface area contributed by atoms with Crippen molar-refractivity contribution in [3.05, 3.63) is 91.0 Å². The van der Waals surface area contributed by atoms with E-state index in [2.05, 4.69) is 20.2 Å². The number of hydrogen-bond acceptors (Lipinski definition) is 7. The van der Waals surface area contributed by atoms with Crippen LogP contribution in [0.3, 0.4) is 0 Å². The lowest BCUT2D eigenvalue weighted by Crippen LogP contribution is -2.34. The van der Waals surface area contributed by atoms with Crippen molar-refractivity contribution in [1.29, 1.82) is 0 Å². The van der Waals surface area contributed by atoms with Crippen LogP contribution in [0.25, 0.3) is 22.3 Å². The summed E-state index contributed by atoms with van der Waals surface area (Å²) in [6.45, 7) is 5.86. The summed E-state index contributed by atoms with van der Waals surface area (Å²) in [4.78, 5) is 28.1. The fourth-order valence-electron chi connectivity index (χ4n) is 3.70. The summed E-state index contributed by atoms with van der Waals surface area (Å²) in [6, 6.07) is 18.5. The zero-order chi connectivity index (χ0) is 25.8. The third-order valence-electron chi connectivity index (χ3n) is 5.35. The summed E-state index contributed by atoms with van der Waals surface area (Å²) >= 11 is 0. The van der Waals surface area contributed by atoms with Crippen LogP contribution in [-0.4, -0.2) is 36.8 Å². The molecule has 0 spiro atoms. The lowest BCUT2D eigenvalue weighted by atomic mass is 10.2.